The van der Waals surface area contributed by atoms with Crippen LogP contribution in [-0.4, -0.2) is 18.1 Å². The third kappa shape index (κ3) is 1.74. The molecular formula is C9H18N2. The lowest BCUT2D eigenvalue weighted by atomic mass is 10.3. The molecule has 2 nitrogen and oxygen atoms in total. The molecule has 2 unspecified atom stereocenters. The summed E-state index contributed by atoms with van der Waals surface area (Å²) in [6, 6.07) is 0.807. The standard InChI is InChI=1S/C9H18N2/c1-2-7-5-8(7)11-6-9(10)3-4-9/h7-8,11H,2-6,10H2,1H3. The van der Waals surface area contributed by atoms with Gasteiger partial charge in [-0.3, -0.25) is 0 Å². The van der Waals surface area contributed by atoms with Crippen LogP contribution < -0.4 is 11.1 Å². The summed E-state index contributed by atoms with van der Waals surface area (Å²) in [6.07, 6.45) is 5.16. The van der Waals surface area contributed by atoms with Crippen molar-refractivity contribution in [2.45, 2.75) is 44.2 Å². The van der Waals surface area contributed by atoms with Gasteiger partial charge in [-0.25, -0.2) is 0 Å². The van der Waals surface area contributed by atoms with Crippen molar-refractivity contribution in [3.8, 4) is 0 Å². The van der Waals surface area contributed by atoms with Crippen molar-refractivity contribution >= 4 is 0 Å². The molecule has 2 heteroatoms. The summed E-state index contributed by atoms with van der Waals surface area (Å²) < 4.78 is 0. The Morgan fingerprint density at radius 1 is 1.55 bits per heavy atom. The quantitative estimate of drug-likeness (QED) is 0.630. The molecule has 0 amide bonds. The molecule has 0 spiro atoms. The summed E-state index contributed by atoms with van der Waals surface area (Å²) in [5.74, 6) is 0.956. The summed E-state index contributed by atoms with van der Waals surface area (Å²) in [4.78, 5) is 0. The Morgan fingerprint density at radius 2 is 2.27 bits per heavy atom. The van der Waals surface area contributed by atoms with Gasteiger partial charge < -0.3 is 11.1 Å². The first-order valence-corrected chi connectivity index (χ1v) is 4.76. The first kappa shape index (κ1) is 7.56. The zero-order chi connectivity index (χ0) is 7.90. The first-order chi connectivity index (χ1) is 5.23. The van der Waals surface area contributed by atoms with Crippen molar-refractivity contribution < 1.29 is 0 Å². The normalized spacial score (nSPS) is 38.7. The maximum absolute atomic E-state index is 5.95. The van der Waals surface area contributed by atoms with Crippen molar-refractivity contribution in [2.75, 3.05) is 6.54 Å². The van der Waals surface area contributed by atoms with Crippen LogP contribution in [-0.2, 0) is 0 Å². The Labute approximate surface area is 68.5 Å². The van der Waals surface area contributed by atoms with Crippen molar-refractivity contribution in [1.82, 2.24) is 5.32 Å². The molecule has 3 N–H and O–H groups in total. The molecule has 2 aliphatic carbocycles. The predicted molar refractivity (Wildman–Crippen MR) is 46.3 cm³/mol. The molecule has 64 valence electrons. The minimum absolute atomic E-state index is 0.195. The summed E-state index contributed by atoms with van der Waals surface area (Å²) in [5, 5.41) is 3.54. The van der Waals surface area contributed by atoms with Gasteiger partial charge in [0.1, 0.15) is 0 Å². The van der Waals surface area contributed by atoms with Gasteiger partial charge in [-0.2, -0.15) is 0 Å². The largest absolute Gasteiger partial charge is 0.324 e. The smallest absolute Gasteiger partial charge is 0.0282 e. The molecule has 2 rings (SSSR count). The second-order valence-corrected chi connectivity index (χ2v) is 4.25. The van der Waals surface area contributed by atoms with Gasteiger partial charge in [0, 0.05) is 18.1 Å². The molecule has 0 aliphatic heterocycles. The lowest BCUT2D eigenvalue weighted by molar-refractivity contribution is 0.543. The van der Waals surface area contributed by atoms with Gasteiger partial charge in [0.25, 0.3) is 0 Å². The zero-order valence-corrected chi connectivity index (χ0v) is 7.27. The highest BCUT2D eigenvalue weighted by molar-refractivity contribution is 5.03. The van der Waals surface area contributed by atoms with Crippen LogP contribution in [0.4, 0.5) is 0 Å². The van der Waals surface area contributed by atoms with Gasteiger partial charge in [0.05, 0.1) is 0 Å². The van der Waals surface area contributed by atoms with Gasteiger partial charge in [0.15, 0.2) is 0 Å². The van der Waals surface area contributed by atoms with Crippen LogP contribution in [0.25, 0.3) is 0 Å². The highest BCUT2D eigenvalue weighted by Gasteiger charge is 2.41. The van der Waals surface area contributed by atoms with Crippen molar-refractivity contribution in [3.05, 3.63) is 0 Å². The fourth-order valence-electron chi connectivity index (χ4n) is 1.62. The van der Waals surface area contributed by atoms with Crippen LogP contribution in [0.1, 0.15) is 32.6 Å². The minimum Gasteiger partial charge on any atom is -0.324 e. The van der Waals surface area contributed by atoms with Crippen LogP contribution in [0.2, 0.25) is 0 Å². The van der Waals surface area contributed by atoms with Crippen LogP contribution in [0.3, 0.4) is 0 Å². The van der Waals surface area contributed by atoms with E-state index in [4.69, 9.17) is 5.73 Å². The Hall–Kier alpha value is -0.0800. The van der Waals surface area contributed by atoms with Gasteiger partial charge in [-0.15, -0.1) is 0 Å². The molecule has 0 bridgehead atoms. The number of nitrogens with one attached hydrogen (secondary N) is 1. The fraction of sp³-hybridized carbons (Fsp3) is 1.00. The third-order valence-electron chi connectivity index (χ3n) is 3.06. The lowest BCUT2D eigenvalue weighted by Crippen LogP contribution is -2.37. The van der Waals surface area contributed by atoms with E-state index in [9.17, 15) is 0 Å². The Balaban J connectivity index is 1.61. The van der Waals surface area contributed by atoms with E-state index in [1.54, 1.807) is 0 Å². The number of hydrogen-bond donors (Lipinski definition) is 2. The van der Waals surface area contributed by atoms with E-state index in [0.29, 0.717) is 0 Å². The van der Waals surface area contributed by atoms with Crippen molar-refractivity contribution in [2.24, 2.45) is 11.7 Å². The molecule has 11 heavy (non-hydrogen) atoms. The SMILES string of the molecule is CCC1CC1NCC1(N)CC1. The first-order valence-electron chi connectivity index (χ1n) is 4.76. The molecule has 0 heterocycles. The molecule has 0 saturated heterocycles. The van der Waals surface area contributed by atoms with E-state index < -0.39 is 0 Å². The molecule has 2 fully saturated rings. The van der Waals surface area contributed by atoms with Gasteiger partial charge in [-0.05, 0) is 25.2 Å². The van der Waals surface area contributed by atoms with Gasteiger partial charge >= 0.3 is 0 Å². The Kier molecular flexibility index (Phi) is 1.69. The maximum atomic E-state index is 5.95. The van der Waals surface area contributed by atoms with Gasteiger partial charge in [0.2, 0.25) is 0 Å². The van der Waals surface area contributed by atoms with Crippen LogP contribution >= 0.6 is 0 Å². The van der Waals surface area contributed by atoms with E-state index >= 15 is 0 Å². The Bertz CT molecular complexity index is 152. The summed E-state index contributed by atoms with van der Waals surface area (Å²) in [7, 11) is 0. The van der Waals surface area contributed by atoms with Crippen LogP contribution in [0.15, 0.2) is 0 Å². The third-order valence-corrected chi connectivity index (χ3v) is 3.06. The molecule has 0 aromatic rings. The molecular weight excluding hydrogens is 136 g/mol. The summed E-state index contributed by atoms with van der Waals surface area (Å²) in [6.45, 7) is 3.32. The highest BCUT2D eigenvalue weighted by Crippen LogP contribution is 2.36. The van der Waals surface area contributed by atoms with E-state index in [2.05, 4.69) is 12.2 Å². The van der Waals surface area contributed by atoms with E-state index in [0.717, 1.165) is 18.5 Å². The van der Waals surface area contributed by atoms with Gasteiger partial charge in [-0.1, -0.05) is 13.3 Å². The van der Waals surface area contributed by atoms with Crippen molar-refractivity contribution in [1.29, 1.82) is 0 Å². The molecule has 2 atom stereocenters. The summed E-state index contributed by atoms with van der Waals surface area (Å²) in [5.41, 5.74) is 6.14. The van der Waals surface area contributed by atoms with Crippen molar-refractivity contribution in [3.63, 3.8) is 0 Å². The molecule has 0 aromatic heterocycles. The number of nitrogens with two attached hydrogens (primary N) is 1. The zero-order valence-electron chi connectivity index (χ0n) is 7.27. The van der Waals surface area contributed by atoms with Crippen LogP contribution in [0, 0.1) is 5.92 Å². The predicted octanol–water partition coefficient (Wildman–Crippen LogP) is 0.866. The molecule has 0 radical (unpaired) electrons. The lowest BCUT2D eigenvalue weighted by Gasteiger charge is -2.09. The number of hydrogen-bond acceptors (Lipinski definition) is 2. The fourth-order valence-corrected chi connectivity index (χ4v) is 1.62. The highest BCUT2D eigenvalue weighted by atomic mass is 15.0. The van der Waals surface area contributed by atoms with E-state index in [1.165, 1.54) is 25.7 Å². The average molecular weight is 154 g/mol. The van der Waals surface area contributed by atoms with Crippen LogP contribution in [0.5, 0.6) is 0 Å². The minimum atomic E-state index is 0.195. The topological polar surface area (TPSA) is 38.0 Å². The number of rotatable bonds is 4. The second kappa shape index (κ2) is 2.46. The molecule has 0 aromatic carbocycles. The molecule has 2 aliphatic rings. The van der Waals surface area contributed by atoms with E-state index in [1.807, 2.05) is 0 Å². The van der Waals surface area contributed by atoms with E-state index in [-0.39, 0.29) is 5.54 Å². The second-order valence-electron chi connectivity index (χ2n) is 4.25. The Morgan fingerprint density at radius 3 is 2.73 bits per heavy atom. The molecule has 2 saturated carbocycles. The maximum Gasteiger partial charge on any atom is 0.0282 e. The summed E-state index contributed by atoms with van der Waals surface area (Å²) >= 11 is 0. The monoisotopic (exact) mass is 154 g/mol. The average Bonchev–Trinajstić information content (AvgIpc) is 2.83.